The van der Waals surface area contributed by atoms with E-state index < -0.39 is 9.84 Å². The summed E-state index contributed by atoms with van der Waals surface area (Å²) in [6, 6.07) is 5.44. The Kier molecular flexibility index (Phi) is 3.87. The molecule has 1 aliphatic rings. The van der Waals surface area contributed by atoms with Crippen molar-refractivity contribution in [1.82, 2.24) is 0 Å². The predicted octanol–water partition coefficient (Wildman–Crippen LogP) is 1.36. The number of sulfone groups is 1. The van der Waals surface area contributed by atoms with Crippen molar-refractivity contribution in [3.05, 3.63) is 28.2 Å². The van der Waals surface area contributed by atoms with Crippen LogP contribution in [0.1, 0.15) is 12.5 Å². The number of anilines is 1. The van der Waals surface area contributed by atoms with E-state index in [-0.39, 0.29) is 23.4 Å². The summed E-state index contributed by atoms with van der Waals surface area (Å²) in [6.45, 7) is 2.31. The van der Waals surface area contributed by atoms with E-state index in [0.717, 1.165) is 10.2 Å². The molecular weight excluding hydrogens is 330 g/mol. The van der Waals surface area contributed by atoms with Gasteiger partial charge in [0.1, 0.15) is 5.84 Å². The highest BCUT2D eigenvalue weighted by molar-refractivity contribution is 9.10. The Hall–Kier alpha value is -1.08. The van der Waals surface area contributed by atoms with Gasteiger partial charge < -0.3 is 10.6 Å². The van der Waals surface area contributed by atoms with Crippen LogP contribution in [0.4, 0.5) is 5.69 Å². The normalized spacial score (nSPS) is 22.2. The predicted molar refractivity (Wildman–Crippen MR) is 80.6 cm³/mol. The van der Waals surface area contributed by atoms with Gasteiger partial charge in [-0.3, -0.25) is 5.41 Å². The van der Waals surface area contributed by atoms with Crippen LogP contribution in [-0.4, -0.2) is 38.3 Å². The third kappa shape index (κ3) is 2.92. The second-order valence-electron chi connectivity index (χ2n) is 4.70. The van der Waals surface area contributed by atoms with Gasteiger partial charge in [0.2, 0.25) is 0 Å². The van der Waals surface area contributed by atoms with Gasteiger partial charge in [-0.25, -0.2) is 8.42 Å². The number of amidine groups is 1. The van der Waals surface area contributed by atoms with Crippen molar-refractivity contribution in [2.45, 2.75) is 13.0 Å². The lowest BCUT2D eigenvalue weighted by molar-refractivity contribution is 0.568. The number of nitrogens with zero attached hydrogens (tertiary/aromatic N) is 1. The molecular formula is C12H16BrN3O2S. The monoisotopic (exact) mass is 345 g/mol. The fourth-order valence-electron chi connectivity index (χ4n) is 2.38. The van der Waals surface area contributed by atoms with Gasteiger partial charge in [-0.05, 0) is 35.0 Å². The lowest BCUT2D eigenvalue weighted by Gasteiger charge is -2.36. The second kappa shape index (κ2) is 5.13. The van der Waals surface area contributed by atoms with E-state index in [2.05, 4.69) is 15.9 Å². The maximum atomic E-state index is 11.6. The Morgan fingerprint density at radius 2 is 2.21 bits per heavy atom. The molecule has 1 saturated heterocycles. The molecule has 0 saturated carbocycles. The molecule has 0 spiro atoms. The lowest BCUT2D eigenvalue weighted by Crippen LogP contribution is -2.47. The molecule has 19 heavy (non-hydrogen) atoms. The van der Waals surface area contributed by atoms with Crippen molar-refractivity contribution < 1.29 is 8.42 Å². The highest BCUT2D eigenvalue weighted by Crippen LogP contribution is 2.30. The summed E-state index contributed by atoms with van der Waals surface area (Å²) in [5.41, 5.74) is 7.06. The molecule has 7 heteroatoms. The van der Waals surface area contributed by atoms with Crippen molar-refractivity contribution in [2.24, 2.45) is 5.73 Å². The zero-order chi connectivity index (χ0) is 14.2. The Morgan fingerprint density at radius 3 is 2.79 bits per heavy atom. The zero-order valence-electron chi connectivity index (χ0n) is 10.6. The number of rotatable bonds is 2. The largest absolute Gasteiger partial charge is 0.384 e. The summed E-state index contributed by atoms with van der Waals surface area (Å²) in [6.07, 6.45) is 0. The first-order chi connectivity index (χ1) is 8.82. The first kappa shape index (κ1) is 14.3. The molecule has 0 aromatic heterocycles. The number of hydrogen-bond donors (Lipinski definition) is 2. The van der Waals surface area contributed by atoms with Gasteiger partial charge >= 0.3 is 0 Å². The number of hydrogen-bond acceptors (Lipinski definition) is 4. The highest BCUT2D eigenvalue weighted by Gasteiger charge is 2.30. The van der Waals surface area contributed by atoms with Crippen LogP contribution < -0.4 is 10.6 Å². The molecule has 1 fully saturated rings. The number of benzene rings is 1. The quantitative estimate of drug-likeness (QED) is 0.625. The molecule has 1 heterocycles. The highest BCUT2D eigenvalue weighted by atomic mass is 79.9. The van der Waals surface area contributed by atoms with Gasteiger partial charge in [-0.15, -0.1) is 0 Å². The average Bonchev–Trinajstić information content (AvgIpc) is 2.26. The van der Waals surface area contributed by atoms with E-state index in [9.17, 15) is 8.42 Å². The Labute approximate surface area is 121 Å². The molecule has 2 rings (SSSR count). The number of nitrogens with two attached hydrogens (primary N) is 1. The van der Waals surface area contributed by atoms with Crippen molar-refractivity contribution in [1.29, 1.82) is 5.41 Å². The van der Waals surface area contributed by atoms with Crippen LogP contribution in [0.15, 0.2) is 22.7 Å². The van der Waals surface area contributed by atoms with Gasteiger partial charge in [-0.2, -0.15) is 0 Å². The first-order valence-electron chi connectivity index (χ1n) is 5.92. The topological polar surface area (TPSA) is 87.2 Å². The van der Waals surface area contributed by atoms with E-state index in [1.165, 1.54) is 0 Å². The van der Waals surface area contributed by atoms with Crippen molar-refractivity contribution in [3.63, 3.8) is 0 Å². The molecule has 0 aliphatic carbocycles. The molecule has 0 bridgehead atoms. The molecule has 104 valence electrons. The van der Waals surface area contributed by atoms with Gasteiger partial charge in [0.15, 0.2) is 9.84 Å². The Bertz CT molecular complexity index is 615. The molecule has 1 aromatic carbocycles. The molecule has 1 aliphatic heterocycles. The molecule has 3 N–H and O–H groups in total. The van der Waals surface area contributed by atoms with Crippen LogP contribution in [-0.2, 0) is 9.84 Å². The molecule has 1 atom stereocenters. The van der Waals surface area contributed by atoms with Crippen LogP contribution in [0.2, 0.25) is 0 Å². The smallest absolute Gasteiger partial charge is 0.154 e. The van der Waals surface area contributed by atoms with E-state index in [4.69, 9.17) is 11.1 Å². The van der Waals surface area contributed by atoms with Gasteiger partial charge in [-0.1, -0.05) is 6.07 Å². The third-order valence-corrected chi connectivity index (χ3v) is 5.70. The van der Waals surface area contributed by atoms with Gasteiger partial charge in [0.05, 0.1) is 17.1 Å². The minimum absolute atomic E-state index is 0.0249. The molecule has 0 amide bonds. The molecule has 0 radical (unpaired) electrons. The summed E-state index contributed by atoms with van der Waals surface area (Å²) in [7, 11) is -2.95. The lowest BCUT2D eigenvalue weighted by atomic mass is 10.1. The Balaban J connectivity index is 2.43. The van der Waals surface area contributed by atoms with Crippen molar-refractivity contribution in [2.75, 3.05) is 23.0 Å². The summed E-state index contributed by atoms with van der Waals surface area (Å²) >= 11 is 3.39. The van der Waals surface area contributed by atoms with E-state index in [0.29, 0.717) is 12.1 Å². The molecule has 1 aromatic rings. The van der Waals surface area contributed by atoms with E-state index in [1.807, 2.05) is 30.0 Å². The minimum atomic E-state index is -2.95. The molecule has 5 nitrogen and oxygen atoms in total. The third-order valence-electron chi connectivity index (χ3n) is 3.24. The average molecular weight is 346 g/mol. The Morgan fingerprint density at radius 1 is 1.53 bits per heavy atom. The van der Waals surface area contributed by atoms with Crippen molar-refractivity contribution in [3.8, 4) is 0 Å². The van der Waals surface area contributed by atoms with Crippen LogP contribution in [0.5, 0.6) is 0 Å². The number of nitrogens with one attached hydrogen (secondary N) is 1. The van der Waals surface area contributed by atoms with Gasteiger partial charge in [0, 0.05) is 22.7 Å². The summed E-state index contributed by atoms with van der Waals surface area (Å²) in [5.74, 6) is 0.251. The van der Waals surface area contributed by atoms with Crippen LogP contribution >= 0.6 is 15.9 Å². The van der Waals surface area contributed by atoms with Crippen molar-refractivity contribution >= 4 is 37.3 Å². The fourth-order valence-corrected chi connectivity index (χ4v) is 4.50. The molecule has 1 unspecified atom stereocenters. The summed E-state index contributed by atoms with van der Waals surface area (Å²) in [5, 5.41) is 7.68. The van der Waals surface area contributed by atoms with E-state index >= 15 is 0 Å². The maximum absolute atomic E-state index is 11.6. The van der Waals surface area contributed by atoms with Crippen LogP contribution in [0.25, 0.3) is 0 Å². The summed E-state index contributed by atoms with van der Waals surface area (Å²) in [4.78, 5) is 2.00. The zero-order valence-corrected chi connectivity index (χ0v) is 13.0. The fraction of sp³-hybridized carbons (Fsp3) is 0.417. The van der Waals surface area contributed by atoms with E-state index in [1.54, 1.807) is 0 Å². The SMILES string of the molecule is CC1CS(=O)(=O)CCN1c1cccc(Br)c1C(=N)N. The van der Waals surface area contributed by atoms with Gasteiger partial charge in [0.25, 0.3) is 0 Å². The minimum Gasteiger partial charge on any atom is -0.384 e. The second-order valence-corrected chi connectivity index (χ2v) is 7.79. The number of halogens is 1. The standard InChI is InChI=1S/C12H16BrN3O2S/c1-8-7-19(17,18)6-5-16(8)10-4-2-3-9(13)11(10)12(14)15/h2-4,8H,5-7H2,1H3,(H3,14,15). The van der Waals surface area contributed by atoms with Crippen LogP contribution in [0.3, 0.4) is 0 Å². The number of nitrogen functional groups attached to an aromatic ring is 1. The maximum Gasteiger partial charge on any atom is 0.154 e. The summed E-state index contributed by atoms with van der Waals surface area (Å²) < 4.78 is 24.0. The van der Waals surface area contributed by atoms with Crippen LogP contribution in [0, 0.1) is 5.41 Å². The first-order valence-corrected chi connectivity index (χ1v) is 8.53.